The molecule has 1 amide bonds. The van der Waals surface area contributed by atoms with E-state index >= 15 is 0 Å². The first-order valence-electron chi connectivity index (χ1n) is 3.43. The summed E-state index contributed by atoms with van der Waals surface area (Å²) in [5.74, 6) is -1.39. The van der Waals surface area contributed by atoms with Crippen LogP contribution >= 0.6 is 0 Å². The number of hydrogen-bond donors (Lipinski definition) is 2. The summed E-state index contributed by atoms with van der Waals surface area (Å²) in [6.07, 6.45) is 0. The van der Waals surface area contributed by atoms with Gasteiger partial charge in [-0.05, 0) is 17.7 Å². The van der Waals surface area contributed by atoms with E-state index in [1.54, 1.807) is 6.07 Å². The average molecular weight is 168 g/mol. The molecule has 0 unspecified atom stereocenters. The zero-order chi connectivity index (χ0) is 9.14. The highest BCUT2D eigenvalue weighted by Gasteiger charge is 2.07. The molecule has 0 fully saturated rings. The summed E-state index contributed by atoms with van der Waals surface area (Å²) in [6.45, 7) is 0.246. The van der Waals surface area contributed by atoms with Crippen molar-refractivity contribution >= 4 is 5.91 Å². The fourth-order valence-electron chi connectivity index (χ4n) is 0.885. The van der Waals surface area contributed by atoms with Crippen LogP contribution in [0.4, 0.5) is 4.39 Å². The Morgan fingerprint density at radius 1 is 1.50 bits per heavy atom. The molecule has 0 aromatic heterocycles. The molecule has 0 aliphatic rings. The molecule has 0 bridgehead atoms. The van der Waals surface area contributed by atoms with E-state index in [0.29, 0.717) is 5.56 Å². The number of carbonyl (C=O) groups excluding carboxylic acids is 1. The second-order valence-corrected chi connectivity index (χ2v) is 2.38. The lowest BCUT2D eigenvalue weighted by atomic mass is 10.1. The van der Waals surface area contributed by atoms with Crippen LogP contribution in [0.1, 0.15) is 15.9 Å². The lowest BCUT2D eigenvalue weighted by Crippen LogP contribution is -2.13. The van der Waals surface area contributed by atoms with Crippen LogP contribution in [0.25, 0.3) is 0 Å². The van der Waals surface area contributed by atoms with Gasteiger partial charge in [0.25, 0.3) is 5.91 Å². The standard InChI is InChI=1S/C8H9FN2O/c9-7-3-5(4-10)1-2-6(7)8(11)12/h1-3H,4,10H2,(H2,11,12). The second-order valence-electron chi connectivity index (χ2n) is 2.38. The first-order valence-corrected chi connectivity index (χ1v) is 3.43. The smallest absolute Gasteiger partial charge is 0.251 e. The first kappa shape index (κ1) is 8.67. The van der Waals surface area contributed by atoms with Crippen molar-refractivity contribution in [2.75, 3.05) is 0 Å². The number of hydrogen-bond acceptors (Lipinski definition) is 2. The third kappa shape index (κ3) is 1.60. The van der Waals surface area contributed by atoms with Gasteiger partial charge in [0, 0.05) is 6.54 Å². The molecule has 0 saturated carbocycles. The van der Waals surface area contributed by atoms with Gasteiger partial charge < -0.3 is 11.5 Å². The summed E-state index contributed by atoms with van der Waals surface area (Å²) >= 11 is 0. The summed E-state index contributed by atoms with van der Waals surface area (Å²) in [7, 11) is 0. The number of primary amides is 1. The Balaban J connectivity index is 3.12. The minimum Gasteiger partial charge on any atom is -0.366 e. The molecule has 3 nitrogen and oxygen atoms in total. The number of benzene rings is 1. The number of carbonyl (C=O) groups is 1. The van der Waals surface area contributed by atoms with Gasteiger partial charge in [0.1, 0.15) is 5.82 Å². The van der Waals surface area contributed by atoms with Crippen LogP contribution in [0, 0.1) is 5.82 Å². The molecule has 4 heteroatoms. The van der Waals surface area contributed by atoms with Crippen LogP contribution < -0.4 is 11.5 Å². The van der Waals surface area contributed by atoms with E-state index in [4.69, 9.17) is 11.5 Å². The van der Waals surface area contributed by atoms with E-state index in [-0.39, 0.29) is 12.1 Å². The zero-order valence-corrected chi connectivity index (χ0v) is 6.38. The molecule has 0 spiro atoms. The quantitative estimate of drug-likeness (QED) is 0.670. The van der Waals surface area contributed by atoms with Crippen LogP contribution in [0.5, 0.6) is 0 Å². The maximum absolute atomic E-state index is 12.9. The SMILES string of the molecule is NCc1ccc(C(N)=O)c(F)c1. The summed E-state index contributed by atoms with van der Waals surface area (Å²) in [5, 5.41) is 0. The summed E-state index contributed by atoms with van der Waals surface area (Å²) in [4.78, 5) is 10.6. The molecule has 0 atom stereocenters. The van der Waals surface area contributed by atoms with Crippen LogP contribution in [-0.2, 0) is 6.54 Å². The molecule has 1 rings (SSSR count). The third-order valence-corrected chi connectivity index (χ3v) is 1.53. The molecular formula is C8H9FN2O. The Kier molecular flexibility index (Phi) is 2.40. The van der Waals surface area contributed by atoms with E-state index in [1.165, 1.54) is 12.1 Å². The zero-order valence-electron chi connectivity index (χ0n) is 6.38. The van der Waals surface area contributed by atoms with Crippen molar-refractivity contribution in [2.24, 2.45) is 11.5 Å². The second kappa shape index (κ2) is 3.32. The van der Waals surface area contributed by atoms with Crippen molar-refractivity contribution in [3.05, 3.63) is 35.1 Å². The Morgan fingerprint density at radius 2 is 2.17 bits per heavy atom. The van der Waals surface area contributed by atoms with Crippen LogP contribution in [-0.4, -0.2) is 5.91 Å². The van der Waals surface area contributed by atoms with Crippen molar-refractivity contribution < 1.29 is 9.18 Å². The molecule has 12 heavy (non-hydrogen) atoms. The summed E-state index contributed by atoms with van der Waals surface area (Å²) in [5.41, 5.74) is 10.7. The number of halogens is 1. The minimum absolute atomic E-state index is 0.104. The van der Waals surface area contributed by atoms with Crippen LogP contribution in [0.3, 0.4) is 0 Å². The monoisotopic (exact) mass is 168 g/mol. The number of rotatable bonds is 2. The molecule has 4 N–H and O–H groups in total. The lowest BCUT2D eigenvalue weighted by molar-refractivity contribution is 0.0996. The highest BCUT2D eigenvalue weighted by Crippen LogP contribution is 2.08. The molecule has 0 aliphatic heterocycles. The average Bonchev–Trinajstić information content (AvgIpc) is 2.03. The molecule has 0 saturated heterocycles. The van der Waals surface area contributed by atoms with E-state index < -0.39 is 11.7 Å². The van der Waals surface area contributed by atoms with Gasteiger partial charge in [-0.2, -0.15) is 0 Å². The fraction of sp³-hybridized carbons (Fsp3) is 0.125. The number of amides is 1. The molecule has 1 aromatic rings. The first-order chi connectivity index (χ1) is 5.65. The molecule has 0 radical (unpaired) electrons. The molecule has 0 aliphatic carbocycles. The Hall–Kier alpha value is -1.42. The van der Waals surface area contributed by atoms with E-state index in [9.17, 15) is 9.18 Å². The van der Waals surface area contributed by atoms with Gasteiger partial charge in [-0.25, -0.2) is 4.39 Å². The Morgan fingerprint density at radius 3 is 2.58 bits per heavy atom. The van der Waals surface area contributed by atoms with E-state index in [0.717, 1.165) is 0 Å². The van der Waals surface area contributed by atoms with Crippen LogP contribution in [0.2, 0.25) is 0 Å². The van der Waals surface area contributed by atoms with E-state index in [2.05, 4.69) is 0 Å². The van der Waals surface area contributed by atoms with Gasteiger partial charge in [0.2, 0.25) is 0 Å². The predicted molar refractivity (Wildman–Crippen MR) is 42.8 cm³/mol. The van der Waals surface area contributed by atoms with Crippen molar-refractivity contribution in [2.45, 2.75) is 6.54 Å². The summed E-state index contributed by atoms with van der Waals surface area (Å²) in [6, 6.07) is 4.11. The fourth-order valence-corrected chi connectivity index (χ4v) is 0.885. The van der Waals surface area contributed by atoms with Crippen molar-refractivity contribution in [1.82, 2.24) is 0 Å². The largest absolute Gasteiger partial charge is 0.366 e. The maximum atomic E-state index is 12.9. The molecule has 64 valence electrons. The van der Waals surface area contributed by atoms with Crippen molar-refractivity contribution in [1.29, 1.82) is 0 Å². The predicted octanol–water partition coefficient (Wildman–Crippen LogP) is 0.383. The van der Waals surface area contributed by atoms with E-state index in [1.807, 2.05) is 0 Å². The van der Waals surface area contributed by atoms with Gasteiger partial charge in [-0.15, -0.1) is 0 Å². The minimum atomic E-state index is -0.768. The van der Waals surface area contributed by atoms with Gasteiger partial charge in [0.05, 0.1) is 5.56 Å². The van der Waals surface area contributed by atoms with Gasteiger partial charge >= 0.3 is 0 Å². The molecule has 0 heterocycles. The van der Waals surface area contributed by atoms with Gasteiger partial charge in [0.15, 0.2) is 0 Å². The van der Waals surface area contributed by atoms with Gasteiger partial charge in [-0.3, -0.25) is 4.79 Å². The maximum Gasteiger partial charge on any atom is 0.251 e. The third-order valence-electron chi connectivity index (χ3n) is 1.53. The molecule has 1 aromatic carbocycles. The summed E-state index contributed by atoms with van der Waals surface area (Å²) < 4.78 is 12.9. The van der Waals surface area contributed by atoms with Crippen molar-refractivity contribution in [3.8, 4) is 0 Å². The van der Waals surface area contributed by atoms with Crippen LogP contribution in [0.15, 0.2) is 18.2 Å². The Bertz CT molecular complexity index is 312. The Labute approximate surface area is 69.2 Å². The van der Waals surface area contributed by atoms with Crippen molar-refractivity contribution in [3.63, 3.8) is 0 Å². The normalized spacial score (nSPS) is 9.83. The van der Waals surface area contributed by atoms with Gasteiger partial charge in [-0.1, -0.05) is 6.07 Å². The highest BCUT2D eigenvalue weighted by molar-refractivity contribution is 5.93. The molecular weight excluding hydrogens is 159 g/mol. The number of nitrogens with two attached hydrogens (primary N) is 2. The topological polar surface area (TPSA) is 69.1 Å². The lowest BCUT2D eigenvalue weighted by Gasteiger charge is -2.00. The highest BCUT2D eigenvalue weighted by atomic mass is 19.1.